The van der Waals surface area contributed by atoms with Crippen molar-refractivity contribution in [3.05, 3.63) is 95.6 Å². The third kappa shape index (κ3) is 5.64. The summed E-state index contributed by atoms with van der Waals surface area (Å²) in [6, 6.07) is 26.7. The quantitative estimate of drug-likeness (QED) is 0.384. The van der Waals surface area contributed by atoms with Crippen LogP contribution in [-0.4, -0.2) is 24.5 Å². The molecule has 3 aromatic rings. The third-order valence-corrected chi connectivity index (χ3v) is 6.10. The SMILES string of the molecule is O=CC1CCN(c2ccc(C=C(CCc3ccc(O)cc3)c3ccccc3)cc2)CC1. The van der Waals surface area contributed by atoms with E-state index in [9.17, 15) is 9.90 Å². The van der Waals surface area contributed by atoms with Gasteiger partial charge in [-0.25, -0.2) is 0 Å². The molecule has 0 amide bonds. The molecular formula is C28H29NO2. The summed E-state index contributed by atoms with van der Waals surface area (Å²) >= 11 is 0. The van der Waals surface area contributed by atoms with Gasteiger partial charge in [0.1, 0.15) is 12.0 Å². The molecule has 1 saturated heterocycles. The van der Waals surface area contributed by atoms with Crippen molar-refractivity contribution < 1.29 is 9.90 Å². The molecule has 1 aliphatic heterocycles. The van der Waals surface area contributed by atoms with E-state index in [1.54, 1.807) is 12.1 Å². The van der Waals surface area contributed by atoms with Gasteiger partial charge < -0.3 is 14.8 Å². The number of aromatic hydroxyl groups is 1. The molecule has 1 heterocycles. The first-order valence-electron chi connectivity index (χ1n) is 11.1. The first-order valence-corrected chi connectivity index (χ1v) is 11.1. The number of piperidine rings is 1. The Kier molecular flexibility index (Phi) is 6.83. The van der Waals surface area contributed by atoms with Crippen molar-refractivity contribution in [1.29, 1.82) is 0 Å². The van der Waals surface area contributed by atoms with E-state index in [0.29, 0.717) is 5.75 Å². The summed E-state index contributed by atoms with van der Waals surface area (Å²) in [7, 11) is 0. The lowest BCUT2D eigenvalue weighted by atomic mass is 9.96. The number of aldehydes is 1. The molecule has 0 aliphatic carbocycles. The van der Waals surface area contributed by atoms with Gasteiger partial charge in [0.15, 0.2) is 0 Å². The second kappa shape index (κ2) is 10.1. The molecule has 1 fully saturated rings. The Morgan fingerprint density at radius 3 is 2.23 bits per heavy atom. The lowest BCUT2D eigenvalue weighted by Crippen LogP contribution is -2.33. The van der Waals surface area contributed by atoms with E-state index in [0.717, 1.165) is 45.1 Å². The van der Waals surface area contributed by atoms with E-state index in [-0.39, 0.29) is 5.92 Å². The topological polar surface area (TPSA) is 40.5 Å². The van der Waals surface area contributed by atoms with Crippen molar-refractivity contribution in [2.45, 2.75) is 25.7 Å². The Bertz CT molecular complexity index is 999. The highest BCUT2D eigenvalue weighted by molar-refractivity contribution is 5.82. The number of phenols is 1. The van der Waals surface area contributed by atoms with Crippen molar-refractivity contribution in [3.8, 4) is 5.75 Å². The highest BCUT2D eigenvalue weighted by Crippen LogP contribution is 2.27. The second-order valence-electron chi connectivity index (χ2n) is 8.25. The maximum atomic E-state index is 11.0. The molecule has 0 aromatic heterocycles. The molecule has 1 N–H and O–H groups in total. The van der Waals surface area contributed by atoms with Crippen LogP contribution in [0.3, 0.4) is 0 Å². The summed E-state index contributed by atoms with van der Waals surface area (Å²) < 4.78 is 0. The minimum Gasteiger partial charge on any atom is -0.508 e. The zero-order valence-corrected chi connectivity index (χ0v) is 17.8. The third-order valence-electron chi connectivity index (χ3n) is 6.10. The summed E-state index contributed by atoms with van der Waals surface area (Å²) in [5.74, 6) is 0.526. The van der Waals surface area contributed by atoms with Crippen LogP contribution in [0.15, 0.2) is 78.9 Å². The van der Waals surface area contributed by atoms with Crippen molar-refractivity contribution >= 4 is 23.6 Å². The first kappa shape index (κ1) is 20.9. The van der Waals surface area contributed by atoms with Crippen LogP contribution < -0.4 is 4.90 Å². The lowest BCUT2D eigenvalue weighted by molar-refractivity contribution is -0.111. The van der Waals surface area contributed by atoms with E-state index in [1.807, 2.05) is 18.2 Å². The Labute approximate surface area is 184 Å². The number of phenolic OH excluding ortho intramolecular Hbond substituents is 1. The molecule has 3 heteroatoms. The fraction of sp³-hybridized carbons (Fsp3) is 0.250. The van der Waals surface area contributed by atoms with Crippen LogP contribution in [0.2, 0.25) is 0 Å². The fourth-order valence-corrected chi connectivity index (χ4v) is 4.17. The highest BCUT2D eigenvalue weighted by Gasteiger charge is 2.18. The van der Waals surface area contributed by atoms with Gasteiger partial charge in [-0.2, -0.15) is 0 Å². The second-order valence-corrected chi connectivity index (χ2v) is 8.25. The summed E-state index contributed by atoms with van der Waals surface area (Å²) in [5, 5.41) is 9.52. The van der Waals surface area contributed by atoms with Crippen LogP contribution in [0.25, 0.3) is 11.6 Å². The number of benzene rings is 3. The van der Waals surface area contributed by atoms with Gasteiger partial charge in [0.2, 0.25) is 0 Å². The number of hydrogen-bond donors (Lipinski definition) is 1. The largest absolute Gasteiger partial charge is 0.508 e. The molecule has 3 nitrogen and oxygen atoms in total. The van der Waals surface area contributed by atoms with Gasteiger partial charge in [-0.1, -0.05) is 60.7 Å². The molecule has 0 saturated carbocycles. The van der Waals surface area contributed by atoms with Gasteiger partial charge in [-0.3, -0.25) is 0 Å². The van der Waals surface area contributed by atoms with Crippen LogP contribution in [0, 0.1) is 5.92 Å². The maximum absolute atomic E-state index is 11.0. The maximum Gasteiger partial charge on any atom is 0.123 e. The molecule has 0 radical (unpaired) electrons. The number of aryl methyl sites for hydroxylation is 1. The molecule has 31 heavy (non-hydrogen) atoms. The smallest absolute Gasteiger partial charge is 0.123 e. The molecule has 0 bridgehead atoms. The van der Waals surface area contributed by atoms with Crippen LogP contribution >= 0.6 is 0 Å². The van der Waals surface area contributed by atoms with Gasteiger partial charge in [-0.05, 0) is 72.2 Å². The van der Waals surface area contributed by atoms with E-state index >= 15 is 0 Å². The summed E-state index contributed by atoms with van der Waals surface area (Å²) in [6.07, 6.45) is 7.12. The molecule has 0 atom stereocenters. The van der Waals surface area contributed by atoms with Crippen molar-refractivity contribution in [2.24, 2.45) is 5.92 Å². The minimum atomic E-state index is 0.223. The Hall–Kier alpha value is -3.33. The molecule has 3 aromatic carbocycles. The zero-order valence-electron chi connectivity index (χ0n) is 17.8. The van der Waals surface area contributed by atoms with Gasteiger partial charge in [0, 0.05) is 24.7 Å². The predicted molar refractivity (Wildman–Crippen MR) is 128 cm³/mol. The Balaban J connectivity index is 1.50. The molecule has 158 valence electrons. The van der Waals surface area contributed by atoms with Gasteiger partial charge in [0.05, 0.1) is 0 Å². The highest BCUT2D eigenvalue weighted by atomic mass is 16.3. The van der Waals surface area contributed by atoms with E-state index < -0.39 is 0 Å². The van der Waals surface area contributed by atoms with Crippen LogP contribution in [0.5, 0.6) is 5.75 Å². The molecule has 4 rings (SSSR count). The minimum absolute atomic E-state index is 0.223. The Morgan fingerprint density at radius 1 is 0.903 bits per heavy atom. The number of rotatable bonds is 7. The fourth-order valence-electron chi connectivity index (χ4n) is 4.17. The predicted octanol–water partition coefficient (Wildman–Crippen LogP) is 5.98. The van der Waals surface area contributed by atoms with Gasteiger partial charge in [0.25, 0.3) is 0 Å². The van der Waals surface area contributed by atoms with Crippen molar-refractivity contribution in [3.63, 3.8) is 0 Å². The number of carbonyl (C=O) groups is 1. The summed E-state index contributed by atoms with van der Waals surface area (Å²) in [4.78, 5) is 13.4. The Morgan fingerprint density at radius 2 is 1.58 bits per heavy atom. The zero-order chi connectivity index (χ0) is 21.5. The standard InChI is InChI=1S/C28H29NO2/c30-21-24-16-18-29(19-17-24)27-12-7-23(8-13-27)20-26(25-4-2-1-3-5-25)11-6-22-9-14-28(31)15-10-22/h1-5,7-10,12-15,20-21,24,31H,6,11,16-19H2. The number of allylic oxidation sites excluding steroid dienone is 1. The average Bonchev–Trinajstić information content (AvgIpc) is 2.84. The number of anilines is 1. The monoisotopic (exact) mass is 411 g/mol. The van der Waals surface area contributed by atoms with E-state index in [2.05, 4.69) is 59.5 Å². The van der Waals surface area contributed by atoms with Gasteiger partial charge in [-0.15, -0.1) is 0 Å². The number of carbonyl (C=O) groups excluding carboxylic acids is 1. The number of nitrogens with zero attached hydrogens (tertiary/aromatic N) is 1. The van der Waals surface area contributed by atoms with Gasteiger partial charge >= 0.3 is 0 Å². The molecule has 0 unspecified atom stereocenters. The van der Waals surface area contributed by atoms with Crippen LogP contribution in [-0.2, 0) is 11.2 Å². The van der Waals surface area contributed by atoms with Crippen molar-refractivity contribution in [2.75, 3.05) is 18.0 Å². The lowest BCUT2D eigenvalue weighted by Gasteiger charge is -2.31. The van der Waals surface area contributed by atoms with Crippen LogP contribution in [0.1, 0.15) is 36.0 Å². The summed E-state index contributed by atoms with van der Waals surface area (Å²) in [5.41, 5.74) is 6.17. The molecule has 1 aliphatic rings. The van der Waals surface area contributed by atoms with Crippen LogP contribution in [0.4, 0.5) is 5.69 Å². The molecule has 0 spiro atoms. The molecular weight excluding hydrogens is 382 g/mol. The van der Waals surface area contributed by atoms with E-state index in [4.69, 9.17) is 0 Å². The first-order chi connectivity index (χ1) is 15.2. The summed E-state index contributed by atoms with van der Waals surface area (Å²) in [6.45, 7) is 1.89. The normalized spacial score (nSPS) is 15.1. The van der Waals surface area contributed by atoms with E-state index in [1.165, 1.54) is 28.0 Å². The number of hydrogen-bond acceptors (Lipinski definition) is 3. The van der Waals surface area contributed by atoms with Crippen molar-refractivity contribution in [1.82, 2.24) is 0 Å². The average molecular weight is 412 g/mol.